The van der Waals surface area contributed by atoms with Crippen LogP contribution in [0.4, 0.5) is 4.39 Å². The standard InChI is InChI=1S/C13H20BrFN2O/c1-2-7-18-8-6-11(17-16)9-10-4-3-5-12(15)13(10)14/h3-5,11,17H,2,6-9,16H2,1H3. The van der Waals surface area contributed by atoms with Crippen LogP contribution in [-0.2, 0) is 11.2 Å². The molecule has 0 heterocycles. The Morgan fingerprint density at radius 3 is 2.89 bits per heavy atom. The summed E-state index contributed by atoms with van der Waals surface area (Å²) < 4.78 is 19.3. The molecule has 0 bridgehead atoms. The molecule has 0 saturated heterocycles. The molecule has 0 aliphatic heterocycles. The van der Waals surface area contributed by atoms with Crippen molar-refractivity contribution >= 4 is 15.9 Å². The minimum atomic E-state index is -0.245. The van der Waals surface area contributed by atoms with Gasteiger partial charge in [-0.1, -0.05) is 19.1 Å². The third-order valence-corrected chi connectivity index (χ3v) is 3.58. The highest BCUT2D eigenvalue weighted by Crippen LogP contribution is 2.22. The van der Waals surface area contributed by atoms with Gasteiger partial charge in [0.15, 0.2) is 0 Å². The van der Waals surface area contributed by atoms with Crippen molar-refractivity contribution < 1.29 is 9.13 Å². The van der Waals surface area contributed by atoms with E-state index in [0.717, 1.165) is 25.0 Å². The van der Waals surface area contributed by atoms with Crippen molar-refractivity contribution in [3.63, 3.8) is 0 Å². The van der Waals surface area contributed by atoms with Crippen LogP contribution in [0, 0.1) is 5.82 Å². The van der Waals surface area contributed by atoms with Crippen LogP contribution >= 0.6 is 15.9 Å². The topological polar surface area (TPSA) is 47.3 Å². The molecule has 0 radical (unpaired) electrons. The average molecular weight is 319 g/mol. The second-order valence-corrected chi connectivity index (χ2v) is 4.97. The van der Waals surface area contributed by atoms with Gasteiger partial charge in [0.2, 0.25) is 0 Å². The van der Waals surface area contributed by atoms with Crippen molar-refractivity contribution in [1.82, 2.24) is 5.43 Å². The molecule has 0 aliphatic carbocycles. The number of ether oxygens (including phenoxy) is 1. The van der Waals surface area contributed by atoms with Crippen LogP contribution in [0.15, 0.2) is 22.7 Å². The first-order chi connectivity index (χ1) is 8.69. The lowest BCUT2D eigenvalue weighted by atomic mass is 10.0. The molecule has 18 heavy (non-hydrogen) atoms. The van der Waals surface area contributed by atoms with Crippen molar-refractivity contribution in [2.75, 3.05) is 13.2 Å². The van der Waals surface area contributed by atoms with Crippen molar-refractivity contribution in [1.29, 1.82) is 0 Å². The Hall–Kier alpha value is -0.490. The molecule has 1 atom stereocenters. The summed E-state index contributed by atoms with van der Waals surface area (Å²) in [4.78, 5) is 0. The Bertz CT molecular complexity index is 363. The summed E-state index contributed by atoms with van der Waals surface area (Å²) in [7, 11) is 0. The molecule has 1 aromatic rings. The van der Waals surface area contributed by atoms with Gasteiger partial charge in [-0.05, 0) is 46.8 Å². The van der Waals surface area contributed by atoms with E-state index in [4.69, 9.17) is 10.6 Å². The smallest absolute Gasteiger partial charge is 0.137 e. The molecular formula is C13H20BrFN2O. The molecule has 1 unspecified atom stereocenters. The molecule has 1 rings (SSSR count). The maximum Gasteiger partial charge on any atom is 0.137 e. The van der Waals surface area contributed by atoms with Gasteiger partial charge in [-0.15, -0.1) is 0 Å². The normalized spacial score (nSPS) is 12.7. The Kier molecular flexibility index (Phi) is 7.42. The van der Waals surface area contributed by atoms with E-state index in [1.54, 1.807) is 6.07 Å². The highest BCUT2D eigenvalue weighted by molar-refractivity contribution is 9.10. The quantitative estimate of drug-likeness (QED) is 0.440. The summed E-state index contributed by atoms with van der Waals surface area (Å²) in [5.41, 5.74) is 3.66. The summed E-state index contributed by atoms with van der Waals surface area (Å²) in [5.74, 6) is 5.26. The van der Waals surface area contributed by atoms with E-state index in [0.29, 0.717) is 17.5 Å². The number of rotatable bonds is 8. The van der Waals surface area contributed by atoms with Crippen LogP contribution in [0.25, 0.3) is 0 Å². The van der Waals surface area contributed by atoms with Gasteiger partial charge in [0.1, 0.15) is 5.82 Å². The monoisotopic (exact) mass is 318 g/mol. The molecule has 3 N–H and O–H groups in total. The highest BCUT2D eigenvalue weighted by Gasteiger charge is 2.12. The van der Waals surface area contributed by atoms with Gasteiger partial charge in [0, 0.05) is 19.3 Å². The van der Waals surface area contributed by atoms with Crippen molar-refractivity contribution in [2.24, 2.45) is 5.84 Å². The molecule has 102 valence electrons. The Morgan fingerprint density at radius 1 is 1.44 bits per heavy atom. The van der Waals surface area contributed by atoms with Crippen LogP contribution in [0.1, 0.15) is 25.3 Å². The predicted molar refractivity (Wildman–Crippen MR) is 74.6 cm³/mol. The minimum absolute atomic E-state index is 0.0833. The van der Waals surface area contributed by atoms with Gasteiger partial charge in [-0.3, -0.25) is 11.3 Å². The van der Waals surface area contributed by atoms with Crippen LogP contribution in [0.5, 0.6) is 0 Å². The second-order valence-electron chi connectivity index (χ2n) is 4.18. The number of hydrazine groups is 1. The number of nitrogens with two attached hydrogens (primary N) is 1. The number of hydrogen-bond donors (Lipinski definition) is 2. The number of halogens is 2. The highest BCUT2D eigenvalue weighted by atomic mass is 79.9. The van der Waals surface area contributed by atoms with E-state index in [9.17, 15) is 4.39 Å². The number of nitrogens with one attached hydrogen (secondary N) is 1. The zero-order valence-corrected chi connectivity index (χ0v) is 12.2. The molecule has 0 amide bonds. The molecule has 0 fully saturated rings. The molecular weight excluding hydrogens is 299 g/mol. The largest absolute Gasteiger partial charge is 0.381 e. The zero-order valence-electron chi connectivity index (χ0n) is 10.6. The summed E-state index contributed by atoms with van der Waals surface area (Å²) in [6.07, 6.45) is 2.49. The first kappa shape index (κ1) is 15.6. The molecule has 1 aromatic carbocycles. The fourth-order valence-corrected chi connectivity index (χ4v) is 2.11. The molecule has 3 nitrogen and oxygen atoms in total. The van der Waals surface area contributed by atoms with Crippen LogP contribution in [0.3, 0.4) is 0 Å². The van der Waals surface area contributed by atoms with E-state index in [-0.39, 0.29) is 11.9 Å². The predicted octanol–water partition coefficient (Wildman–Crippen LogP) is 2.78. The molecule has 0 aromatic heterocycles. The average Bonchev–Trinajstić information content (AvgIpc) is 2.38. The molecule has 0 spiro atoms. The molecule has 0 saturated carbocycles. The van der Waals surface area contributed by atoms with Gasteiger partial charge >= 0.3 is 0 Å². The van der Waals surface area contributed by atoms with E-state index < -0.39 is 0 Å². The summed E-state index contributed by atoms with van der Waals surface area (Å²) >= 11 is 3.26. The number of benzene rings is 1. The van der Waals surface area contributed by atoms with E-state index >= 15 is 0 Å². The third-order valence-electron chi connectivity index (χ3n) is 2.69. The Labute approximate surface area is 116 Å². The van der Waals surface area contributed by atoms with Crippen LogP contribution in [0.2, 0.25) is 0 Å². The zero-order chi connectivity index (χ0) is 13.4. The van der Waals surface area contributed by atoms with Crippen molar-refractivity contribution in [2.45, 2.75) is 32.2 Å². The maximum atomic E-state index is 13.4. The first-order valence-electron chi connectivity index (χ1n) is 6.15. The van der Waals surface area contributed by atoms with Crippen molar-refractivity contribution in [3.8, 4) is 0 Å². The lowest BCUT2D eigenvalue weighted by molar-refractivity contribution is 0.124. The second kappa shape index (κ2) is 8.58. The fourth-order valence-electron chi connectivity index (χ4n) is 1.69. The van der Waals surface area contributed by atoms with E-state index in [1.165, 1.54) is 6.07 Å². The SMILES string of the molecule is CCCOCCC(Cc1cccc(F)c1Br)NN. The van der Waals surface area contributed by atoms with Gasteiger partial charge < -0.3 is 4.74 Å². The van der Waals surface area contributed by atoms with Crippen LogP contribution < -0.4 is 11.3 Å². The maximum absolute atomic E-state index is 13.4. The summed E-state index contributed by atoms with van der Waals surface area (Å²) in [6.45, 7) is 3.50. The third kappa shape index (κ3) is 5.02. The van der Waals surface area contributed by atoms with Crippen molar-refractivity contribution in [3.05, 3.63) is 34.1 Å². The Morgan fingerprint density at radius 2 is 2.22 bits per heavy atom. The fraction of sp³-hybridized carbons (Fsp3) is 0.538. The summed E-state index contributed by atoms with van der Waals surface area (Å²) in [6, 6.07) is 5.11. The van der Waals surface area contributed by atoms with Gasteiger partial charge in [-0.25, -0.2) is 4.39 Å². The lowest BCUT2D eigenvalue weighted by Gasteiger charge is -2.17. The molecule has 0 aliphatic rings. The Balaban J connectivity index is 2.49. The van der Waals surface area contributed by atoms with Gasteiger partial charge in [0.25, 0.3) is 0 Å². The van der Waals surface area contributed by atoms with E-state index in [1.807, 2.05) is 6.07 Å². The first-order valence-corrected chi connectivity index (χ1v) is 6.95. The number of hydrogen-bond acceptors (Lipinski definition) is 3. The van der Waals surface area contributed by atoms with Gasteiger partial charge in [-0.2, -0.15) is 0 Å². The lowest BCUT2D eigenvalue weighted by Crippen LogP contribution is -2.37. The van der Waals surface area contributed by atoms with E-state index in [2.05, 4.69) is 28.3 Å². The minimum Gasteiger partial charge on any atom is -0.381 e. The van der Waals surface area contributed by atoms with Crippen LogP contribution in [-0.4, -0.2) is 19.3 Å². The van der Waals surface area contributed by atoms with Gasteiger partial charge in [0.05, 0.1) is 4.47 Å². The summed E-state index contributed by atoms with van der Waals surface area (Å²) in [5, 5.41) is 0. The molecule has 5 heteroatoms.